The van der Waals surface area contributed by atoms with Gasteiger partial charge in [0.1, 0.15) is 19.3 Å². The third-order valence-corrected chi connectivity index (χ3v) is 7.24. The monoisotopic (exact) mass is 689 g/mol. The third kappa shape index (κ3) is 11.1. The van der Waals surface area contributed by atoms with Crippen LogP contribution >= 0.6 is 0 Å². The fourth-order valence-corrected chi connectivity index (χ4v) is 5.16. The Balaban J connectivity index is 1.73. The van der Waals surface area contributed by atoms with Crippen molar-refractivity contribution in [1.82, 2.24) is 0 Å². The SMILES string of the molecule is CC(=O)OC[C@H]1O[C@@H](OC[C@H](N=C(c2ccccc2)c2ccccc2)C(=O)OCc2ccccc2)[C@H](OC(C)=O)[C@@H](OC(C)=O)[C@@H]1OC(C)=O. The second kappa shape index (κ2) is 18.4. The molecule has 3 aromatic rings. The molecule has 0 amide bonds. The maximum atomic E-state index is 13.8. The molecule has 4 rings (SSSR count). The number of carbonyl (C=O) groups excluding carboxylic acids is 5. The fraction of sp³-hybridized carbons (Fsp3) is 0.351. The van der Waals surface area contributed by atoms with Crippen LogP contribution in [0.2, 0.25) is 0 Å². The Hall–Kier alpha value is -5.40. The van der Waals surface area contributed by atoms with Crippen LogP contribution in [0.5, 0.6) is 0 Å². The van der Waals surface area contributed by atoms with E-state index in [2.05, 4.69) is 0 Å². The van der Waals surface area contributed by atoms with Crippen molar-refractivity contribution in [3.05, 3.63) is 108 Å². The van der Waals surface area contributed by atoms with Gasteiger partial charge in [-0.2, -0.15) is 0 Å². The van der Waals surface area contributed by atoms with Crippen LogP contribution in [0.3, 0.4) is 0 Å². The molecular weight excluding hydrogens is 650 g/mol. The minimum Gasteiger partial charge on any atom is -0.463 e. The maximum absolute atomic E-state index is 13.8. The van der Waals surface area contributed by atoms with Gasteiger partial charge < -0.3 is 33.2 Å². The number of hydrogen-bond acceptors (Lipinski definition) is 13. The number of esters is 5. The number of nitrogens with zero attached hydrogens (tertiary/aromatic N) is 1. The third-order valence-electron chi connectivity index (χ3n) is 7.24. The summed E-state index contributed by atoms with van der Waals surface area (Å²) in [5, 5.41) is 0. The molecule has 264 valence electrons. The van der Waals surface area contributed by atoms with Crippen LogP contribution in [0.25, 0.3) is 0 Å². The Kier molecular flexibility index (Phi) is 13.8. The van der Waals surface area contributed by atoms with Gasteiger partial charge in [-0.3, -0.25) is 24.2 Å². The lowest BCUT2D eigenvalue weighted by atomic mass is 9.98. The van der Waals surface area contributed by atoms with Gasteiger partial charge in [0.05, 0.1) is 12.3 Å². The van der Waals surface area contributed by atoms with Crippen molar-refractivity contribution in [2.24, 2.45) is 4.99 Å². The van der Waals surface area contributed by atoms with E-state index in [1.165, 1.54) is 6.92 Å². The van der Waals surface area contributed by atoms with Crippen molar-refractivity contribution in [1.29, 1.82) is 0 Å². The Morgan fingerprint density at radius 3 is 1.66 bits per heavy atom. The zero-order valence-corrected chi connectivity index (χ0v) is 28.1. The second-order valence-corrected chi connectivity index (χ2v) is 11.2. The molecule has 0 radical (unpaired) electrons. The molecule has 1 saturated heterocycles. The largest absolute Gasteiger partial charge is 0.463 e. The van der Waals surface area contributed by atoms with E-state index < -0.39 is 79.8 Å². The van der Waals surface area contributed by atoms with E-state index in [9.17, 15) is 24.0 Å². The Morgan fingerprint density at radius 2 is 1.14 bits per heavy atom. The summed E-state index contributed by atoms with van der Waals surface area (Å²) in [4.78, 5) is 66.9. The van der Waals surface area contributed by atoms with E-state index in [1.54, 1.807) is 12.1 Å². The normalized spacial score (nSPS) is 20.4. The van der Waals surface area contributed by atoms with Crippen molar-refractivity contribution in [2.75, 3.05) is 13.2 Å². The molecule has 0 bridgehead atoms. The molecule has 13 heteroatoms. The van der Waals surface area contributed by atoms with Gasteiger partial charge in [0, 0.05) is 38.8 Å². The Morgan fingerprint density at radius 1 is 0.640 bits per heavy atom. The lowest BCUT2D eigenvalue weighted by Crippen LogP contribution is -2.63. The molecule has 50 heavy (non-hydrogen) atoms. The van der Waals surface area contributed by atoms with E-state index >= 15 is 0 Å². The second-order valence-electron chi connectivity index (χ2n) is 11.2. The Bertz CT molecular complexity index is 1590. The average molecular weight is 690 g/mol. The topological polar surface area (TPSA) is 162 Å². The summed E-state index contributed by atoms with van der Waals surface area (Å²) in [6.45, 7) is 3.57. The number of ether oxygens (including phenoxy) is 7. The van der Waals surface area contributed by atoms with E-state index in [4.69, 9.17) is 38.2 Å². The van der Waals surface area contributed by atoms with Crippen molar-refractivity contribution in [3.8, 4) is 0 Å². The highest BCUT2D eigenvalue weighted by molar-refractivity contribution is 6.13. The molecule has 3 aromatic carbocycles. The molecule has 1 aliphatic heterocycles. The van der Waals surface area contributed by atoms with Crippen LogP contribution in [0.4, 0.5) is 0 Å². The van der Waals surface area contributed by atoms with Gasteiger partial charge in [-0.05, 0) is 5.56 Å². The highest BCUT2D eigenvalue weighted by Gasteiger charge is 2.53. The molecule has 1 heterocycles. The number of hydrogen-bond donors (Lipinski definition) is 0. The smallest absolute Gasteiger partial charge is 0.333 e. The van der Waals surface area contributed by atoms with Crippen LogP contribution in [0.15, 0.2) is 96.0 Å². The van der Waals surface area contributed by atoms with Gasteiger partial charge >= 0.3 is 29.8 Å². The molecule has 0 unspecified atom stereocenters. The molecule has 1 fully saturated rings. The summed E-state index contributed by atoms with van der Waals surface area (Å²) in [6, 6.07) is 26.2. The molecular formula is C37H39NO12. The summed E-state index contributed by atoms with van der Waals surface area (Å²) in [6.07, 6.45) is -7.06. The molecule has 6 atom stereocenters. The predicted molar refractivity (Wildman–Crippen MR) is 176 cm³/mol. The first-order chi connectivity index (χ1) is 24.0. The Labute approximate surface area is 289 Å². The summed E-state index contributed by atoms with van der Waals surface area (Å²) < 4.78 is 39.4. The quantitative estimate of drug-likeness (QED) is 0.137. The number of benzene rings is 3. The first kappa shape index (κ1) is 37.4. The van der Waals surface area contributed by atoms with Gasteiger partial charge in [0.15, 0.2) is 30.6 Å². The van der Waals surface area contributed by atoms with E-state index in [-0.39, 0.29) is 6.61 Å². The summed E-state index contributed by atoms with van der Waals surface area (Å²) >= 11 is 0. The van der Waals surface area contributed by atoms with E-state index in [0.717, 1.165) is 26.3 Å². The predicted octanol–water partition coefficient (Wildman–Crippen LogP) is 3.74. The minimum absolute atomic E-state index is 0.0449. The highest BCUT2D eigenvalue weighted by atomic mass is 16.7. The van der Waals surface area contributed by atoms with Crippen LogP contribution in [0, 0.1) is 0 Å². The van der Waals surface area contributed by atoms with Gasteiger partial charge in [-0.25, -0.2) is 4.79 Å². The number of rotatable bonds is 14. The summed E-state index contributed by atoms with van der Waals surface area (Å²) in [5.74, 6) is -3.75. The lowest BCUT2D eigenvalue weighted by molar-refractivity contribution is -0.308. The van der Waals surface area contributed by atoms with Crippen molar-refractivity contribution < 1.29 is 57.1 Å². The molecule has 13 nitrogen and oxygen atoms in total. The van der Waals surface area contributed by atoms with E-state index in [1.807, 2.05) is 78.9 Å². The van der Waals surface area contributed by atoms with Gasteiger partial charge in [-0.15, -0.1) is 0 Å². The van der Waals surface area contributed by atoms with Gasteiger partial charge in [0.2, 0.25) is 0 Å². The summed E-state index contributed by atoms with van der Waals surface area (Å²) in [7, 11) is 0. The van der Waals surface area contributed by atoms with E-state index in [0.29, 0.717) is 16.8 Å². The van der Waals surface area contributed by atoms with Crippen LogP contribution in [0.1, 0.15) is 44.4 Å². The zero-order chi connectivity index (χ0) is 36.0. The highest BCUT2D eigenvalue weighted by Crippen LogP contribution is 2.30. The van der Waals surface area contributed by atoms with Crippen LogP contribution in [-0.4, -0.2) is 85.5 Å². The standard InChI is InChI=1S/C37H39NO12/c1-23(39)44-22-31-33(47-24(2)40)34(48-25(3)41)35(49-26(4)42)37(50-31)46-21-30(36(43)45-20-27-14-8-5-9-15-27)38-32(28-16-10-6-11-17-28)29-18-12-7-13-19-29/h5-19,30-31,33-35,37H,20-22H2,1-4H3/t30-,31+,33+,34-,35+,37+/m0/s1. The molecule has 0 saturated carbocycles. The lowest BCUT2D eigenvalue weighted by Gasteiger charge is -2.44. The zero-order valence-electron chi connectivity index (χ0n) is 28.1. The maximum Gasteiger partial charge on any atom is 0.333 e. The first-order valence-electron chi connectivity index (χ1n) is 15.8. The summed E-state index contributed by atoms with van der Waals surface area (Å²) in [5.41, 5.74) is 2.65. The molecule has 0 N–H and O–H groups in total. The molecule has 1 aliphatic rings. The van der Waals surface area contributed by atoms with Crippen LogP contribution in [-0.2, 0) is 63.7 Å². The van der Waals surface area contributed by atoms with Gasteiger partial charge in [0.25, 0.3) is 0 Å². The van der Waals surface area contributed by atoms with Crippen molar-refractivity contribution in [3.63, 3.8) is 0 Å². The molecule has 0 aromatic heterocycles. The first-order valence-corrected chi connectivity index (χ1v) is 15.8. The average Bonchev–Trinajstić information content (AvgIpc) is 3.09. The van der Waals surface area contributed by atoms with Crippen LogP contribution < -0.4 is 0 Å². The number of aliphatic imine (C=N–C) groups is 1. The molecule has 0 spiro atoms. The number of carbonyl (C=O) groups is 5. The van der Waals surface area contributed by atoms with Gasteiger partial charge in [-0.1, -0.05) is 91.0 Å². The fourth-order valence-electron chi connectivity index (χ4n) is 5.16. The van der Waals surface area contributed by atoms with Crippen molar-refractivity contribution >= 4 is 35.6 Å². The minimum atomic E-state index is -1.52. The molecule has 0 aliphatic carbocycles. The van der Waals surface area contributed by atoms with Crippen molar-refractivity contribution in [2.45, 2.75) is 71.0 Å².